The van der Waals surface area contributed by atoms with Gasteiger partial charge in [0.2, 0.25) is 0 Å². The van der Waals surface area contributed by atoms with Crippen molar-refractivity contribution < 1.29 is 14.6 Å². The van der Waals surface area contributed by atoms with Crippen LogP contribution in [0.1, 0.15) is 27.3 Å². The lowest BCUT2D eigenvalue weighted by atomic mass is 10.2. The van der Waals surface area contributed by atoms with Gasteiger partial charge in [0.05, 0.1) is 13.2 Å². The van der Waals surface area contributed by atoms with E-state index in [4.69, 9.17) is 9.84 Å². The summed E-state index contributed by atoms with van der Waals surface area (Å²) < 4.78 is 5.51. The molecule has 0 unspecified atom stereocenters. The Morgan fingerprint density at radius 3 is 2.72 bits per heavy atom. The molecule has 0 aliphatic rings. The highest BCUT2D eigenvalue weighted by Gasteiger charge is 2.16. The van der Waals surface area contributed by atoms with E-state index < -0.39 is 5.97 Å². The number of carboxylic acids is 1. The molecule has 2 aromatic rings. The molecule has 0 saturated heterocycles. The van der Waals surface area contributed by atoms with E-state index in [9.17, 15) is 4.79 Å². The number of aromatic nitrogens is 2. The molecule has 94 valence electrons. The van der Waals surface area contributed by atoms with Crippen LogP contribution >= 0.6 is 0 Å². The van der Waals surface area contributed by atoms with Crippen LogP contribution < -0.4 is 0 Å². The highest BCUT2D eigenvalue weighted by atomic mass is 16.5. The molecular weight excluding hydrogens is 232 g/mol. The minimum atomic E-state index is -1.04. The van der Waals surface area contributed by atoms with E-state index in [1.807, 2.05) is 30.3 Å². The van der Waals surface area contributed by atoms with E-state index >= 15 is 0 Å². The number of carbonyl (C=O) groups is 1. The largest absolute Gasteiger partial charge is 0.476 e. The van der Waals surface area contributed by atoms with Crippen LogP contribution in [-0.4, -0.2) is 21.3 Å². The van der Waals surface area contributed by atoms with Gasteiger partial charge < -0.3 is 9.84 Å². The van der Waals surface area contributed by atoms with Gasteiger partial charge in [-0.15, -0.1) is 0 Å². The average molecular weight is 246 g/mol. The number of aryl methyl sites for hydroxylation is 1. The number of ether oxygens (including phenoxy) is 1. The number of hydrogen-bond donors (Lipinski definition) is 2. The second-order valence-electron chi connectivity index (χ2n) is 3.96. The standard InChI is InChI=1S/C13H14N2O3/c1-9-11(12(13(16)17)15-14-9)8-18-7-10-5-3-2-4-6-10/h2-6H,7-8H2,1H3,(H,14,15)(H,16,17). The van der Waals surface area contributed by atoms with Crippen molar-refractivity contribution in [3.8, 4) is 0 Å². The van der Waals surface area contributed by atoms with E-state index in [1.54, 1.807) is 6.92 Å². The number of benzene rings is 1. The Morgan fingerprint density at radius 1 is 1.33 bits per heavy atom. The fourth-order valence-electron chi connectivity index (χ4n) is 1.65. The zero-order chi connectivity index (χ0) is 13.0. The van der Waals surface area contributed by atoms with Gasteiger partial charge in [0.25, 0.3) is 0 Å². The number of H-pyrrole nitrogens is 1. The van der Waals surface area contributed by atoms with Crippen LogP contribution in [0.2, 0.25) is 0 Å². The van der Waals surface area contributed by atoms with E-state index in [0.29, 0.717) is 12.2 Å². The lowest BCUT2D eigenvalue weighted by Gasteiger charge is -2.04. The first-order valence-corrected chi connectivity index (χ1v) is 5.57. The molecule has 0 radical (unpaired) electrons. The number of aromatic amines is 1. The smallest absolute Gasteiger partial charge is 0.356 e. The normalized spacial score (nSPS) is 10.5. The third kappa shape index (κ3) is 2.75. The van der Waals surface area contributed by atoms with E-state index in [-0.39, 0.29) is 12.3 Å². The van der Waals surface area contributed by atoms with E-state index in [2.05, 4.69) is 10.2 Å². The zero-order valence-electron chi connectivity index (χ0n) is 10.0. The van der Waals surface area contributed by atoms with Gasteiger partial charge in [-0.05, 0) is 12.5 Å². The predicted octanol–water partition coefficient (Wildman–Crippen LogP) is 2.13. The van der Waals surface area contributed by atoms with Gasteiger partial charge in [-0.1, -0.05) is 30.3 Å². The van der Waals surface area contributed by atoms with Gasteiger partial charge in [-0.2, -0.15) is 5.10 Å². The summed E-state index contributed by atoms with van der Waals surface area (Å²) in [5.74, 6) is -1.04. The Balaban J connectivity index is 1.98. The molecule has 2 rings (SSSR count). The van der Waals surface area contributed by atoms with Gasteiger partial charge in [0, 0.05) is 11.3 Å². The van der Waals surface area contributed by atoms with Crippen LogP contribution in [0.25, 0.3) is 0 Å². The Morgan fingerprint density at radius 2 is 2.06 bits per heavy atom. The van der Waals surface area contributed by atoms with Crippen molar-refractivity contribution >= 4 is 5.97 Å². The maximum atomic E-state index is 10.9. The molecule has 5 heteroatoms. The number of rotatable bonds is 5. The summed E-state index contributed by atoms with van der Waals surface area (Å²) in [6, 6.07) is 9.72. The highest BCUT2D eigenvalue weighted by molar-refractivity contribution is 5.87. The number of nitrogens with one attached hydrogen (secondary N) is 1. The highest BCUT2D eigenvalue weighted by Crippen LogP contribution is 2.13. The van der Waals surface area contributed by atoms with Crippen molar-refractivity contribution in [1.82, 2.24) is 10.2 Å². The van der Waals surface area contributed by atoms with Crippen LogP contribution in [0.4, 0.5) is 0 Å². The summed E-state index contributed by atoms with van der Waals surface area (Å²) in [4.78, 5) is 10.9. The molecule has 5 nitrogen and oxygen atoms in total. The molecule has 0 aliphatic carbocycles. The number of hydrogen-bond acceptors (Lipinski definition) is 3. The van der Waals surface area contributed by atoms with Crippen molar-refractivity contribution in [2.24, 2.45) is 0 Å². The minimum Gasteiger partial charge on any atom is -0.476 e. The van der Waals surface area contributed by atoms with Crippen LogP contribution in [0.15, 0.2) is 30.3 Å². The summed E-state index contributed by atoms with van der Waals surface area (Å²) in [5, 5.41) is 15.4. The molecule has 0 saturated carbocycles. The molecular formula is C13H14N2O3. The third-order valence-electron chi connectivity index (χ3n) is 2.63. The average Bonchev–Trinajstić information content (AvgIpc) is 2.73. The van der Waals surface area contributed by atoms with Gasteiger partial charge in [0.1, 0.15) is 0 Å². The van der Waals surface area contributed by atoms with Gasteiger partial charge >= 0.3 is 5.97 Å². The third-order valence-corrected chi connectivity index (χ3v) is 2.63. The number of nitrogens with zero attached hydrogens (tertiary/aromatic N) is 1. The summed E-state index contributed by atoms with van der Waals surface area (Å²) >= 11 is 0. The molecule has 0 amide bonds. The number of carboxylic acid groups (broad SMARTS) is 1. The van der Waals surface area contributed by atoms with Crippen molar-refractivity contribution in [3.05, 3.63) is 52.8 Å². The fraction of sp³-hybridized carbons (Fsp3) is 0.231. The summed E-state index contributed by atoms with van der Waals surface area (Å²) in [7, 11) is 0. The molecule has 2 N–H and O–H groups in total. The molecule has 1 aromatic heterocycles. The monoisotopic (exact) mass is 246 g/mol. The minimum absolute atomic E-state index is 0.0283. The summed E-state index contributed by atoms with van der Waals surface area (Å²) in [6.07, 6.45) is 0. The Kier molecular flexibility index (Phi) is 3.74. The van der Waals surface area contributed by atoms with Gasteiger partial charge in [0.15, 0.2) is 5.69 Å². The summed E-state index contributed by atoms with van der Waals surface area (Å²) in [6.45, 7) is 2.46. The van der Waals surface area contributed by atoms with E-state index in [1.165, 1.54) is 0 Å². The van der Waals surface area contributed by atoms with Crippen molar-refractivity contribution in [2.45, 2.75) is 20.1 Å². The van der Waals surface area contributed by atoms with Crippen LogP contribution in [0.5, 0.6) is 0 Å². The van der Waals surface area contributed by atoms with E-state index in [0.717, 1.165) is 11.3 Å². The van der Waals surface area contributed by atoms with Crippen LogP contribution in [0.3, 0.4) is 0 Å². The molecule has 1 aromatic carbocycles. The Hall–Kier alpha value is -2.14. The van der Waals surface area contributed by atoms with Crippen LogP contribution in [-0.2, 0) is 18.0 Å². The first-order valence-electron chi connectivity index (χ1n) is 5.57. The van der Waals surface area contributed by atoms with Crippen molar-refractivity contribution in [1.29, 1.82) is 0 Å². The summed E-state index contributed by atoms with van der Waals surface area (Å²) in [5.41, 5.74) is 2.40. The quantitative estimate of drug-likeness (QED) is 0.847. The molecule has 0 atom stereocenters. The maximum absolute atomic E-state index is 10.9. The van der Waals surface area contributed by atoms with Gasteiger partial charge in [-0.25, -0.2) is 4.79 Å². The first-order chi connectivity index (χ1) is 8.68. The Bertz CT molecular complexity index is 534. The molecule has 18 heavy (non-hydrogen) atoms. The predicted molar refractivity (Wildman–Crippen MR) is 65.2 cm³/mol. The molecule has 0 spiro atoms. The number of aromatic carboxylic acids is 1. The van der Waals surface area contributed by atoms with Crippen LogP contribution in [0, 0.1) is 6.92 Å². The molecule has 1 heterocycles. The van der Waals surface area contributed by atoms with Crippen molar-refractivity contribution in [3.63, 3.8) is 0 Å². The maximum Gasteiger partial charge on any atom is 0.356 e. The molecule has 0 aliphatic heterocycles. The molecule has 0 bridgehead atoms. The second-order valence-corrected chi connectivity index (χ2v) is 3.96. The van der Waals surface area contributed by atoms with Crippen molar-refractivity contribution in [2.75, 3.05) is 0 Å². The fourth-order valence-corrected chi connectivity index (χ4v) is 1.65. The lowest BCUT2D eigenvalue weighted by Crippen LogP contribution is -2.04. The topological polar surface area (TPSA) is 75.2 Å². The molecule has 0 fully saturated rings. The van der Waals surface area contributed by atoms with Gasteiger partial charge in [-0.3, -0.25) is 5.10 Å². The second kappa shape index (κ2) is 5.46. The first kappa shape index (κ1) is 12.3. The Labute approximate surface area is 104 Å². The zero-order valence-corrected chi connectivity index (χ0v) is 10.0. The lowest BCUT2D eigenvalue weighted by molar-refractivity contribution is 0.0677. The SMILES string of the molecule is Cc1[nH]nc(C(=O)O)c1COCc1ccccc1.